The summed E-state index contributed by atoms with van der Waals surface area (Å²) in [4.78, 5) is 12.9. The molecule has 0 bridgehead atoms. The molecule has 1 aliphatic carbocycles. The minimum atomic E-state index is -0.0592. The third-order valence-corrected chi connectivity index (χ3v) is 4.96. The normalized spacial score (nSPS) is 22.1. The minimum Gasteiger partial charge on any atom is -0.461 e. The maximum absolute atomic E-state index is 12.9. The van der Waals surface area contributed by atoms with Crippen molar-refractivity contribution in [1.82, 2.24) is 0 Å². The molecule has 0 aromatic heterocycles. The monoisotopic (exact) mass is 330 g/mol. The van der Waals surface area contributed by atoms with Crippen molar-refractivity contribution in [2.24, 2.45) is 5.41 Å². The fourth-order valence-electron chi connectivity index (χ4n) is 3.80. The Morgan fingerprint density at radius 3 is 2.24 bits per heavy atom. The fraction of sp³-hybridized carbons (Fsp3) is 0.261. The highest BCUT2D eigenvalue weighted by Gasteiger charge is 2.39. The summed E-state index contributed by atoms with van der Waals surface area (Å²) in [5, 5.41) is 0. The van der Waals surface area contributed by atoms with Gasteiger partial charge in [0.15, 0.2) is 5.78 Å². The topological polar surface area (TPSA) is 26.3 Å². The summed E-state index contributed by atoms with van der Waals surface area (Å²) in [5.41, 5.74) is 2.96. The van der Waals surface area contributed by atoms with Gasteiger partial charge in [-0.15, -0.1) is 0 Å². The number of hydrogen-bond donors (Lipinski definition) is 0. The van der Waals surface area contributed by atoms with Crippen LogP contribution >= 0.6 is 0 Å². The summed E-state index contributed by atoms with van der Waals surface area (Å²) in [6.07, 6.45) is 3.47. The molecular weight excluding hydrogens is 308 g/mol. The summed E-state index contributed by atoms with van der Waals surface area (Å²) >= 11 is 0. The van der Waals surface area contributed by atoms with E-state index in [2.05, 4.69) is 44.2 Å². The molecule has 2 heteroatoms. The van der Waals surface area contributed by atoms with E-state index in [0.717, 1.165) is 34.6 Å². The van der Waals surface area contributed by atoms with Crippen LogP contribution in [0.25, 0.3) is 5.76 Å². The maximum Gasteiger partial charge on any atom is 0.163 e. The second-order valence-corrected chi connectivity index (χ2v) is 7.67. The van der Waals surface area contributed by atoms with Crippen LogP contribution in [0.2, 0.25) is 0 Å². The Balaban J connectivity index is 1.84. The lowest BCUT2D eigenvalue weighted by molar-refractivity contribution is -0.118. The van der Waals surface area contributed by atoms with Gasteiger partial charge in [-0.2, -0.15) is 0 Å². The van der Waals surface area contributed by atoms with Crippen molar-refractivity contribution in [1.29, 1.82) is 0 Å². The third-order valence-electron chi connectivity index (χ3n) is 4.96. The van der Waals surface area contributed by atoms with Gasteiger partial charge in [-0.1, -0.05) is 74.5 Å². The van der Waals surface area contributed by atoms with E-state index >= 15 is 0 Å². The molecule has 126 valence electrons. The smallest absolute Gasteiger partial charge is 0.163 e. The highest BCUT2D eigenvalue weighted by Crippen LogP contribution is 2.47. The first kappa shape index (κ1) is 15.9. The number of hydrogen-bond acceptors (Lipinski definition) is 2. The second kappa shape index (κ2) is 6.03. The van der Waals surface area contributed by atoms with Crippen LogP contribution in [-0.2, 0) is 9.53 Å². The molecule has 25 heavy (non-hydrogen) atoms. The molecule has 0 unspecified atom stereocenters. The summed E-state index contributed by atoms with van der Waals surface area (Å²) in [5.74, 6) is 1.86. The average molecular weight is 330 g/mol. The van der Waals surface area contributed by atoms with E-state index in [0.29, 0.717) is 6.42 Å². The Bertz CT molecular complexity index is 857. The molecule has 0 spiro atoms. The lowest BCUT2D eigenvalue weighted by Crippen LogP contribution is -2.30. The summed E-state index contributed by atoms with van der Waals surface area (Å²) in [6.45, 7) is 4.27. The van der Waals surface area contributed by atoms with Crippen molar-refractivity contribution >= 4 is 11.5 Å². The molecule has 0 fully saturated rings. The van der Waals surface area contributed by atoms with Gasteiger partial charge in [0.05, 0.1) is 0 Å². The van der Waals surface area contributed by atoms with E-state index in [1.165, 1.54) is 0 Å². The predicted molar refractivity (Wildman–Crippen MR) is 99.7 cm³/mol. The van der Waals surface area contributed by atoms with Crippen molar-refractivity contribution in [3.05, 3.63) is 89.2 Å². The molecule has 0 saturated heterocycles. The molecule has 2 nitrogen and oxygen atoms in total. The molecule has 0 saturated carbocycles. The zero-order valence-electron chi connectivity index (χ0n) is 14.7. The van der Waals surface area contributed by atoms with Crippen LogP contribution in [0.3, 0.4) is 0 Å². The average Bonchev–Trinajstić information content (AvgIpc) is 2.61. The van der Waals surface area contributed by atoms with Crippen molar-refractivity contribution in [3.8, 4) is 0 Å². The van der Waals surface area contributed by atoms with Gasteiger partial charge in [-0.05, 0) is 17.1 Å². The molecule has 1 heterocycles. The Hall–Kier alpha value is -2.61. The zero-order chi connectivity index (χ0) is 17.4. The van der Waals surface area contributed by atoms with Crippen LogP contribution in [0.5, 0.6) is 0 Å². The summed E-state index contributed by atoms with van der Waals surface area (Å²) < 4.78 is 6.25. The lowest BCUT2D eigenvalue weighted by atomic mass is 9.71. The van der Waals surface area contributed by atoms with Crippen LogP contribution in [0.1, 0.15) is 43.7 Å². The van der Waals surface area contributed by atoms with Crippen LogP contribution < -0.4 is 0 Å². The van der Waals surface area contributed by atoms with Crippen LogP contribution in [0.4, 0.5) is 0 Å². The number of Topliss-reactive ketones (excluding diaryl/α,β-unsaturated/α-hetero) is 1. The summed E-state index contributed by atoms with van der Waals surface area (Å²) in [6, 6.07) is 20.4. The SMILES string of the molecule is CC1(C)CC(=O)C2=C(C1)OC(c1ccccc1)=C[C@H]2c1ccccc1. The van der Waals surface area contributed by atoms with E-state index in [4.69, 9.17) is 4.74 Å². The molecule has 0 amide bonds. The van der Waals surface area contributed by atoms with Crippen molar-refractivity contribution in [2.45, 2.75) is 32.6 Å². The highest BCUT2D eigenvalue weighted by atomic mass is 16.5. The molecule has 1 aliphatic heterocycles. The van der Waals surface area contributed by atoms with Gasteiger partial charge in [0.25, 0.3) is 0 Å². The van der Waals surface area contributed by atoms with E-state index in [1.807, 2.05) is 36.4 Å². The van der Waals surface area contributed by atoms with Gasteiger partial charge in [-0.3, -0.25) is 4.79 Å². The predicted octanol–water partition coefficient (Wildman–Crippen LogP) is 5.48. The minimum absolute atomic E-state index is 0.0382. The van der Waals surface area contributed by atoms with Gasteiger partial charge in [-0.25, -0.2) is 0 Å². The molecule has 0 N–H and O–H groups in total. The third kappa shape index (κ3) is 3.05. The molecule has 2 aromatic carbocycles. The zero-order valence-corrected chi connectivity index (χ0v) is 14.7. The van der Waals surface area contributed by atoms with Crippen molar-refractivity contribution < 1.29 is 9.53 Å². The summed E-state index contributed by atoms with van der Waals surface area (Å²) in [7, 11) is 0. The quantitative estimate of drug-likeness (QED) is 0.728. The van der Waals surface area contributed by atoms with E-state index < -0.39 is 0 Å². The molecular formula is C23H22O2. The largest absolute Gasteiger partial charge is 0.461 e. The molecule has 0 radical (unpaired) electrons. The number of carbonyl (C=O) groups excluding carboxylic acids is 1. The van der Waals surface area contributed by atoms with Gasteiger partial charge in [0.2, 0.25) is 0 Å². The molecule has 2 aliphatic rings. The van der Waals surface area contributed by atoms with Crippen LogP contribution in [0, 0.1) is 5.41 Å². The van der Waals surface area contributed by atoms with E-state index in [1.54, 1.807) is 0 Å². The number of rotatable bonds is 2. The highest BCUT2D eigenvalue weighted by molar-refractivity contribution is 6.00. The molecule has 2 aromatic rings. The Labute approximate surface area is 148 Å². The first-order valence-electron chi connectivity index (χ1n) is 8.80. The second-order valence-electron chi connectivity index (χ2n) is 7.67. The number of carbonyl (C=O) groups is 1. The fourth-order valence-corrected chi connectivity index (χ4v) is 3.80. The lowest BCUT2D eigenvalue weighted by Gasteiger charge is -2.37. The number of ketones is 1. The first-order chi connectivity index (χ1) is 12.0. The van der Waals surface area contributed by atoms with E-state index in [-0.39, 0.29) is 17.1 Å². The van der Waals surface area contributed by atoms with E-state index in [9.17, 15) is 4.79 Å². The molecule has 4 rings (SSSR count). The van der Waals surface area contributed by atoms with Crippen LogP contribution in [0.15, 0.2) is 78.1 Å². The Kier molecular flexibility index (Phi) is 3.84. The maximum atomic E-state index is 12.9. The van der Waals surface area contributed by atoms with Crippen molar-refractivity contribution in [3.63, 3.8) is 0 Å². The van der Waals surface area contributed by atoms with Gasteiger partial charge < -0.3 is 4.74 Å². The van der Waals surface area contributed by atoms with Crippen molar-refractivity contribution in [2.75, 3.05) is 0 Å². The van der Waals surface area contributed by atoms with Crippen LogP contribution in [-0.4, -0.2) is 5.78 Å². The first-order valence-corrected chi connectivity index (χ1v) is 8.80. The molecule has 1 atom stereocenters. The standard InChI is InChI=1S/C23H22O2/c1-23(2)14-19(24)22-18(16-9-5-3-6-10-16)13-20(25-21(22)15-23)17-11-7-4-8-12-17/h3-13,18H,14-15H2,1-2H3/t18-/m0/s1. The van der Waals surface area contributed by atoms with Gasteiger partial charge in [0.1, 0.15) is 11.5 Å². The number of allylic oxidation sites excluding steroid dienone is 3. The Morgan fingerprint density at radius 1 is 0.920 bits per heavy atom. The number of benzene rings is 2. The van der Waals surface area contributed by atoms with Gasteiger partial charge in [0, 0.05) is 29.9 Å². The van der Waals surface area contributed by atoms with Gasteiger partial charge >= 0.3 is 0 Å². The Morgan fingerprint density at radius 2 is 1.56 bits per heavy atom. The number of ether oxygens (including phenoxy) is 1.